The summed E-state index contributed by atoms with van der Waals surface area (Å²) in [4.78, 5) is 8.38. The molecule has 0 aromatic heterocycles. The lowest BCUT2D eigenvalue weighted by Crippen LogP contribution is -2.65. The van der Waals surface area contributed by atoms with Crippen LogP contribution in [0.3, 0.4) is 0 Å². The van der Waals surface area contributed by atoms with Gasteiger partial charge in [-0.2, -0.15) is 0 Å². The lowest BCUT2D eigenvalue weighted by atomic mass is 9.70. The molecule has 4 rings (SSSR count). The Bertz CT molecular complexity index is 489. The van der Waals surface area contributed by atoms with E-state index in [4.69, 9.17) is 0 Å². The smallest absolute Gasteiger partial charge is 0.0246 e. The lowest BCUT2D eigenvalue weighted by molar-refractivity contribution is -0.0434. The van der Waals surface area contributed by atoms with E-state index in [1.54, 1.807) is 0 Å². The fourth-order valence-corrected chi connectivity index (χ4v) is 6.95. The molecule has 28 heavy (non-hydrogen) atoms. The van der Waals surface area contributed by atoms with E-state index in [1.165, 1.54) is 110 Å². The predicted octanol–water partition coefficient (Wildman–Crippen LogP) is 3.57. The van der Waals surface area contributed by atoms with Crippen LogP contribution in [0.4, 0.5) is 0 Å². The van der Waals surface area contributed by atoms with Gasteiger partial charge in [-0.3, -0.25) is 4.90 Å². The van der Waals surface area contributed by atoms with Crippen LogP contribution < -0.4 is 5.32 Å². The molecular formula is C24H46N4. The molecule has 4 aliphatic rings. The standard InChI is InChI=1S/C24H46N4/c1-4-26-16-12-24(13-17-26)22(8-7-14-25-24)20-28-15-6-5-9-23(28)10-18-27(19-11-23)21(2)3/h21-22,25H,4-20H2,1-3H3. The molecule has 2 spiro atoms. The van der Waals surface area contributed by atoms with E-state index in [2.05, 4.69) is 40.8 Å². The first-order valence-electron chi connectivity index (χ1n) is 12.5. The normalized spacial score (nSPS) is 32.4. The second-order valence-electron chi connectivity index (χ2n) is 10.6. The van der Waals surface area contributed by atoms with Crippen molar-refractivity contribution in [3.05, 3.63) is 0 Å². The largest absolute Gasteiger partial charge is 0.311 e. The number of piperidine rings is 4. The summed E-state index contributed by atoms with van der Waals surface area (Å²) in [5.41, 5.74) is 0.952. The summed E-state index contributed by atoms with van der Waals surface area (Å²) >= 11 is 0. The van der Waals surface area contributed by atoms with Gasteiger partial charge in [-0.05, 0) is 104 Å². The summed E-state index contributed by atoms with van der Waals surface area (Å²) in [5, 5.41) is 4.07. The van der Waals surface area contributed by atoms with E-state index in [9.17, 15) is 0 Å². The first kappa shape index (κ1) is 21.1. The molecule has 1 atom stereocenters. The maximum absolute atomic E-state index is 4.07. The Balaban J connectivity index is 1.45. The molecule has 4 heterocycles. The van der Waals surface area contributed by atoms with Crippen molar-refractivity contribution in [3.63, 3.8) is 0 Å². The third-order valence-corrected chi connectivity index (χ3v) is 9.07. The first-order chi connectivity index (χ1) is 13.6. The fourth-order valence-electron chi connectivity index (χ4n) is 6.95. The molecular weight excluding hydrogens is 344 g/mol. The Morgan fingerprint density at radius 3 is 2.32 bits per heavy atom. The number of rotatable bonds is 4. The van der Waals surface area contributed by atoms with Crippen molar-refractivity contribution in [3.8, 4) is 0 Å². The SMILES string of the molecule is CCN1CCC2(CC1)NCCCC2CN1CCCCC12CCN(C(C)C)CC2. The Hall–Kier alpha value is -0.160. The topological polar surface area (TPSA) is 21.8 Å². The molecule has 0 aliphatic carbocycles. The highest BCUT2D eigenvalue weighted by Crippen LogP contribution is 2.42. The molecule has 162 valence electrons. The Morgan fingerprint density at radius 2 is 1.64 bits per heavy atom. The third-order valence-electron chi connectivity index (χ3n) is 9.07. The van der Waals surface area contributed by atoms with Gasteiger partial charge in [-0.25, -0.2) is 0 Å². The van der Waals surface area contributed by atoms with Gasteiger partial charge < -0.3 is 15.1 Å². The van der Waals surface area contributed by atoms with Crippen LogP contribution in [-0.2, 0) is 0 Å². The van der Waals surface area contributed by atoms with Gasteiger partial charge >= 0.3 is 0 Å². The molecule has 0 aromatic rings. The zero-order chi connectivity index (χ0) is 19.6. The average Bonchev–Trinajstić information content (AvgIpc) is 2.72. The van der Waals surface area contributed by atoms with Gasteiger partial charge in [0.2, 0.25) is 0 Å². The number of likely N-dealkylation sites (tertiary alicyclic amines) is 3. The van der Waals surface area contributed by atoms with Crippen LogP contribution in [0.5, 0.6) is 0 Å². The molecule has 0 saturated carbocycles. The molecule has 1 N–H and O–H groups in total. The fraction of sp³-hybridized carbons (Fsp3) is 1.00. The van der Waals surface area contributed by atoms with Gasteiger partial charge in [-0.15, -0.1) is 0 Å². The first-order valence-corrected chi connectivity index (χ1v) is 12.5. The number of hydrogen-bond donors (Lipinski definition) is 1. The highest BCUT2D eigenvalue weighted by atomic mass is 15.3. The molecule has 0 aromatic carbocycles. The van der Waals surface area contributed by atoms with E-state index in [1.807, 2.05) is 0 Å². The van der Waals surface area contributed by atoms with Gasteiger partial charge in [0.05, 0.1) is 0 Å². The van der Waals surface area contributed by atoms with E-state index < -0.39 is 0 Å². The summed E-state index contributed by atoms with van der Waals surface area (Å²) in [6.07, 6.45) is 12.7. The Kier molecular flexibility index (Phi) is 6.71. The summed E-state index contributed by atoms with van der Waals surface area (Å²) in [6.45, 7) is 17.5. The second-order valence-corrected chi connectivity index (χ2v) is 10.6. The van der Waals surface area contributed by atoms with E-state index >= 15 is 0 Å². The Labute approximate surface area is 174 Å². The van der Waals surface area contributed by atoms with Gasteiger partial charge in [0.15, 0.2) is 0 Å². The Morgan fingerprint density at radius 1 is 0.893 bits per heavy atom. The second kappa shape index (κ2) is 8.91. The van der Waals surface area contributed by atoms with Crippen LogP contribution in [-0.4, -0.2) is 84.2 Å². The van der Waals surface area contributed by atoms with Gasteiger partial charge in [-0.1, -0.05) is 13.3 Å². The van der Waals surface area contributed by atoms with Crippen LogP contribution in [0, 0.1) is 5.92 Å². The highest BCUT2D eigenvalue weighted by Gasteiger charge is 2.47. The molecule has 0 radical (unpaired) electrons. The maximum Gasteiger partial charge on any atom is 0.0246 e. The highest BCUT2D eigenvalue weighted by molar-refractivity contribution is 5.05. The lowest BCUT2D eigenvalue weighted by Gasteiger charge is -2.56. The van der Waals surface area contributed by atoms with E-state index in [0.29, 0.717) is 17.1 Å². The summed E-state index contributed by atoms with van der Waals surface area (Å²) in [7, 11) is 0. The molecule has 4 aliphatic heterocycles. The number of nitrogens with zero attached hydrogens (tertiary/aromatic N) is 3. The van der Waals surface area contributed by atoms with Crippen molar-refractivity contribution < 1.29 is 0 Å². The van der Waals surface area contributed by atoms with Crippen LogP contribution in [0.15, 0.2) is 0 Å². The van der Waals surface area contributed by atoms with Crippen molar-refractivity contribution in [2.24, 2.45) is 5.92 Å². The maximum atomic E-state index is 4.07. The van der Waals surface area contributed by atoms with Crippen molar-refractivity contribution in [1.82, 2.24) is 20.0 Å². The minimum atomic E-state index is 0.432. The molecule has 4 heteroatoms. The zero-order valence-electron chi connectivity index (χ0n) is 19.0. The minimum absolute atomic E-state index is 0.432. The summed E-state index contributed by atoms with van der Waals surface area (Å²) in [6, 6.07) is 0.712. The molecule has 1 unspecified atom stereocenters. The molecule has 4 fully saturated rings. The number of nitrogens with one attached hydrogen (secondary N) is 1. The van der Waals surface area contributed by atoms with Crippen molar-refractivity contribution in [2.75, 3.05) is 52.4 Å². The van der Waals surface area contributed by atoms with Crippen LogP contribution in [0.2, 0.25) is 0 Å². The van der Waals surface area contributed by atoms with Crippen molar-refractivity contribution in [2.45, 2.75) is 95.7 Å². The average molecular weight is 391 g/mol. The molecule has 4 saturated heterocycles. The predicted molar refractivity (Wildman–Crippen MR) is 119 cm³/mol. The van der Waals surface area contributed by atoms with Crippen molar-refractivity contribution >= 4 is 0 Å². The van der Waals surface area contributed by atoms with Crippen LogP contribution in [0.1, 0.15) is 78.6 Å². The minimum Gasteiger partial charge on any atom is -0.311 e. The van der Waals surface area contributed by atoms with Crippen LogP contribution in [0.25, 0.3) is 0 Å². The van der Waals surface area contributed by atoms with Gasteiger partial charge in [0, 0.05) is 36.8 Å². The quantitative estimate of drug-likeness (QED) is 0.792. The van der Waals surface area contributed by atoms with E-state index in [0.717, 1.165) is 5.92 Å². The zero-order valence-corrected chi connectivity index (χ0v) is 19.0. The third kappa shape index (κ3) is 4.17. The molecule has 0 amide bonds. The van der Waals surface area contributed by atoms with Gasteiger partial charge in [0.1, 0.15) is 0 Å². The van der Waals surface area contributed by atoms with Gasteiger partial charge in [0.25, 0.3) is 0 Å². The molecule has 4 nitrogen and oxygen atoms in total. The summed E-state index contributed by atoms with van der Waals surface area (Å²) < 4.78 is 0. The monoisotopic (exact) mass is 390 g/mol. The van der Waals surface area contributed by atoms with E-state index in [-0.39, 0.29) is 0 Å². The molecule has 0 bridgehead atoms. The van der Waals surface area contributed by atoms with Crippen molar-refractivity contribution in [1.29, 1.82) is 0 Å². The summed E-state index contributed by atoms with van der Waals surface area (Å²) in [5.74, 6) is 0.860. The van der Waals surface area contributed by atoms with Crippen LogP contribution >= 0.6 is 0 Å². The number of hydrogen-bond acceptors (Lipinski definition) is 4.